The van der Waals surface area contributed by atoms with Crippen LogP contribution in [0.4, 0.5) is 0 Å². The number of hydrogen-bond acceptors (Lipinski definition) is 5. The van der Waals surface area contributed by atoms with E-state index >= 15 is 0 Å². The number of nitrogens with two attached hydrogens (primary N) is 1. The summed E-state index contributed by atoms with van der Waals surface area (Å²) in [6.45, 7) is 2.91. The van der Waals surface area contributed by atoms with E-state index in [1.807, 2.05) is 0 Å². The van der Waals surface area contributed by atoms with Crippen LogP contribution < -0.4 is 5.73 Å². The molecule has 2 amide bonds. The molecule has 7 heteroatoms. The van der Waals surface area contributed by atoms with Gasteiger partial charge in [-0.3, -0.25) is 9.59 Å². The fourth-order valence-electron chi connectivity index (χ4n) is 3.20. The molecule has 1 aromatic carbocycles. The van der Waals surface area contributed by atoms with E-state index in [0.717, 1.165) is 0 Å². The molecule has 2 aliphatic heterocycles. The van der Waals surface area contributed by atoms with Crippen molar-refractivity contribution in [3.8, 4) is 5.75 Å². The van der Waals surface area contributed by atoms with Gasteiger partial charge in [0, 0.05) is 45.0 Å². The number of piperazine rings is 1. The molecule has 3 N–H and O–H groups in total. The monoisotopic (exact) mass is 333 g/mol. The fraction of sp³-hybridized carbons (Fsp3) is 0.529. The number of carbonyl (C=O) groups is 2. The molecule has 2 heterocycles. The van der Waals surface area contributed by atoms with Gasteiger partial charge in [0.2, 0.25) is 5.91 Å². The molecule has 7 nitrogen and oxygen atoms in total. The number of hydrogen-bond donors (Lipinski definition) is 2. The Morgan fingerprint density at radius 3 is 2.33 bits per heavy atom. The number of nitrogens with zero attached hydrogens (tertiary/aromatic N) is 2. The lowest BCUT2D eigenvalue weighted by molar-refractivity contribution is -0.142. The van der Waals surface area contributed by atoms with Crippen molar-refractivity contribution in [2.75, 3.05) is 39.4 Å². The molecule has 0 radical (unpaired) electrons. The number of phenolic OH excluding ortho intramolecular Hbond substituents is 1. The van der Waals surface area contributed by atoms with Gasteiger partial charge in [0.15, 0.2) is 0 Å². The number of aromatic hydroxyl groups is 1. The highest BCUT2D eigenvalue weighted by molar-refractivity contribution is 5.95. The molecule has 0 atom stereocenters. The van der Waals surface area contributed by atoms with Crippen molar-refractivity contribution in [2.45, 2.75) is 18.4 Å². The second kappa shape index (κ2) is 6.78. The predicted molar refractivity (Wildman–Crippen MR) is 87.6 cm³/mol. The van der Waals surface area contributed by atoms with E-state index < -0.39 is 5.54 Å². The molecule has 0 spiro atoms. The van der Waals surface area contributed by atoms with Crippen LogP contribution in [0.2, 0.25) is 0 Å². The summed E-state index contributed by atoms with van der Waals surface area (Å²) in [5, 5.41) is 9.50. The minimum atomic E-state index is -0.838. The number of carbonyl (C=O) groups excluding carboxylic acids is 2. The summed E-state index contributed by atoms with van der Waals surface area (Å²) in [5.74, 6) is -0.110. The molecule has 24 heavy (non-hydrogen) atoms. The number of benzene rings is 1. The maximum absolute atomic E-state index is 12.7. The Hall–Kier alpha value is -2.12. The topological polar surface area (TPSA) is 96.1 Å². The maximum atomic E-state index is 12.7. The third kappa shape index (κ3) is 3.37. The van der Waals surface area contributed by atoms with E-state index in [4.69, 9.17) is 10.5 Å². The average Bonchev–Trinajstić information content (AvgIpc) is 2.61. The van der Waals surface area contributed by atoms with Crippen LogP contribution in [0.25, 0.3) is 0 Å². The van der Waals surface area contributed by atoms with Gasteiger partial charge in [-0.1, -0.05) is 6.07 Å². The van der Waals surface area contributed by atoms with Gasteiger partial charge < -0.3 is 25.4 Å². The Balaban J connectivity index is 1.59. The van der Waals surface area contributed by atoms with E-state index in [0.29, 0.717) is 57.8 Å². The molecule has 0 unspecified atom stereocenters. The largest absolute Gasteiger partial charge is 0.508 e. The smallest absolute Gasteiger partial charge is 0.254 e. The summed E-state index contributed by atoms with van der Waals surface area (Å²) in [5.41, 5.74) is 5.87. The second-order valence-electron chi connectivity index (χ2n) is 6.40. The Morgan fingerprint density at radius 2 is 1.71 bits per heavy atom. The fourth-order valence-corrected chi connectivity index (χ4v) is 3.20. The number of rotatable bonds is 2. The lowest BCUT2D eigenvalue weighted by Gasteiger charge is -2.40. The van der Waals surface area contributed by atoms with Gasteiger partial charge in [0.05, 0.1) is 5.54 Å². The number of amides is 2. The Bertz CT molecular complexity index is 620. The van der Waals surface area contributed by atoms with E-state index in [9.17, 15) is 14.7 Å². The van der Waals surface area contributed by atoms with Crippen LogP contribution in [0.15, 0.2) is 24.3 Å². The van der Waals surface area contributed by atoms with E-state index in [1.54, 1.807) is 21.9 Å². The predicted octanol–water partition coefficient (Wildman–Crippen LogP) is 0.185. The van der Waals surface area contributed by atoms with Crippen LogP contribution in [0.5, 0.6) is 5.75 Å². The molecule has 2 saturated heterocycles. The van der Waals surface area contributed by atoms with E-state index in [2.05, 4.69) is 0 Å². The Morgan fingerprint density at radius 1 is 1.08 bits per heavy atom. The maximum Gasteiger partial charge on any atom is 0.254 e. The minimum Gasteiger partial charge on any atom is -0.508 e. The van der Waals surface area contributed by atoms with Crippen LogP contribution >= 0.6 is 0 Å². The van der Waals surface area contributed by atoms with Crippen molar-refractivity contribution in [3.05, 3.63) is 29.8 Å². The third-order valence-electron chi connectivity index (χ3n) is 4.76. The van der Waals surface area contributed by atoms with E-state index in [1.165, 1.54) is 12.1 Å². The van der Waals surface area contributed by atoms with Gasteiger partial charge in [-0.15, -0.1) is 0 Å². The Kier molecular flexibility index (Phi) is 4.73. The summed E-state index contributed by atoms with van der Waals surface area (Å²) >= 11 is 0. The van der Waals surface area contributed by atoms with Gasteiger partial charge in [-0.25, -0.2) is 0 Å². The quantitative estimate of drug-likeness (QED) is 0.805. The first-order valence-electron chi connectivity index (χ1n) is 8.24. The van der Waals surface area contributed by atoms with Crippen LogP contribution in [0, 0.1) is 0 Å². The first-order chi connectivity index (χ1) is 11.5. The van der Waals surface area contributed by atoms with Gasteiger partial charge in [-0.2, -0.15) is 0 Å². The summed E-state index contributed by atoms with van der Waals surface area (Å²) in [6, 6.07) is 6.31. The van der Waals surface area contributed by atoms with Gasteiger partial charge in [-0.05, 0) is 31.0 Å². The minimum absolute atomic E-state index is 0.0461. The van der Waals surface area contributed by atoms with Gasteiger partial charge in [0.25, 0.3) is 5.91 Å². The van der Waals surface area contributed by atoms with Crippen LogP contribution in [-0.2, 0) is 9.53 Å². The summed E-state index contributed by atoms with van der Waals surface area (Å²) < 4.78 is 5.29. The molecule has 3 rings (SSSR count). The first-order valence-corrected chi connectivity index (χ1v) is 8.24. The molecular formula is C17H23N3O4. The molecule has 2 aliphatic rings. The van der Waals surface area contributed by atoms with Crippen LogP contribution in [0.1, 0.15) is 23.2 Å². The SMILES string of the molecule is NC1(C(=O)N2CCN(C(=O)c3cccc(O)c3)CC2)CCOCC1. The zero-order valence-corrected chi connectivity index (χ0v) is 13.6. The van der Waals surface area contributed by atoms with Gasteiger partial charge in [0.1, 0.15) is 5.75 Å². The molecule has 2 fully saturated rings. The first kappa shape index (κ1) is 16.7. The standard InChI is InChI=1S/C17H23N3O4/c18-17(4-10-24-11-5-17)16(23)20-8-6-19(7-9-20)15(22)13-2-1-3-14(21)12-13/h1-3,12,21H,4-11,18H2. The van der Waals surface area contributed by atoms with Crippen LogP contribution in [0.3, 0.4) is 0 Å². The Labute approximate surface area is 141 Å². The lowest BCUT2D eigenvalue weighted by atomic mass is 9.89. The normalized spacial score (nSPS) is 20.7. The third-order valence-corrected chi connectivity index (χ3v) is 4.76. The van der Waals surface area contributed by atoms with Crippen LogP contribution in [-0.4, -0.2) is 71.7 Å². The summed E-state index contributed by atoms with van der Waals surface area (Å²) in [7, 11) is 0. The molecule has 0 bridgehead atoms. The second-order valence-corrected chi connectivity index (χ2v) is 6.40. The summed E-state index contributed by atoms with van der Waals surface area (Å²) in [6.07, 6.45) is 1.07. The highest BCUT2D eigenvalue weighted by Gasteiger charge is 2.40. The zero-order chi connectivity index (χ0) is 17.2. The lowest BCUT2D eigenvalue weighted by Crippen LogP contribution is -2.61. The van der Waals surface area contributed by atoms with Crippen molar-refractivity contribution in [2.24, 2.45) is 5.73 Å². The van der Waals surface area contributed by atoms with Crippen molar-refractivity contribution in [1.82, 2.24) is 9.80 Å². The molecular weight excluding hydrogens is 310 g/mol. The molecule has 130 valence electrons. The highest BCUT2D eigenvalue weighted by atomic mass is 16.5. The van der Waals surface area contributed by atoms with Crippen molar-refractivity contribution < 1.29 is 19.4 Å². The van der Waals surface area contributed by atoms with E-state index in [-0.39, 0.29) is 17.6 Å². The molecule has 0 aliphatic carbocycles. The summed E-state index contributed by atoms with van der Waals surface area (Å²) in [4.78, 5) is 28.6. The molecule has 0 aromatic heterocycles. The highest BCUT2D eigenvalue weighted by Crippen LogP contribution is 2.22. The number of phenols is 1. The molecule has 0 saturated carbocycles. The van der Waals surface area contributed by atoms with Gasteiger partial charge >= 0.3 is 0 Å². The van der Waals surface area contributed by atoms with Crippen molar-refractivity contribution in [1.29, 1.82) is 0 Å². The molecule has 1 aromatic rings. The van der Waals surface area contributed by atoms with Crippen molar-refractivity contribution >= 4 is 11.8 Å². The number of ether oxygens (including phenoxy) is 1. The van der Waals surface area contributed by atoms with Crippen molar-refractivity contribution in [3.63, 3.8) is 0 Å². The zero-order valence-electron chi connectivity index (χ0n) is 13.6. The average molecular weight is 333 g/mol.